The summed E-state index contributed by atoms with van der Waals surface area (Å²) in [5.41, 5.74) is 4.04. The average Bonchev–Trinajstić information content (AvgIpc) is 2.69. The second kappa shape index (κ2) is 7.38. The van der Waals surface area contributed by atoms with E-state index < -0.39 is 0 Å². The zero-order chi connectivity index (χ0) is 19.7. The Morgan fingerprint density at radius 3 is 2.68 bits per heavy atom. The maximum absolute atomic E-state index is 13.1. The predicted octanol–water partition coefficient (Wildman–Crippen LogP) is 3.34. The summed E-state index contributed by atoms with van der Waals surface area (Å²) in [5, 5.41) is 0. The topological polar surface area (TPSA) is 55.2 Å². The standard InChI is InChI=1S/C22H20FN3O2/c1-15-4-9-20-17(11-15)3-2-10-26(20)22(28)13-25-14-24-19(12-21(25)27)16-5-7-18(23)8-6-16/h4-9,11-12,14H,2-3,10,13H2,1H3. The predicted molar refractivity (Wildman–Crippen MR) is 106 cm³/mol. The SMILES string of the molecule is Cc1ccc2c(c1)CCCN2C(=O)Cn1cnc(-c2ccc(F)cc2)cc1=O. The lowest BCUT2D eigenvalue weighted by Gasteiger charge is -2.30. The van der Waals surface area contributed by atoms with Crippen LogP contribution in [0.2, 0.25) is 0 Å². The maximum atomic E-state index is 13.1. The van der Waals surface area contributed by atoms with Gasteiger partial charge in [-0.25, -0.2) is 9.37 Å². The molecule has 4 rings (SSSR count). The first kappa shape index (κ1) is 18.1. The number of nitrogens with zero attached hydrogens (tertiary/aromatic N) is 3. The van der Waals surface area contributed by atoms with Gasteiger partial charge in [0.2, 0.25) is 5.91 Å². The number of anilines is 1. The van der Waals surface area contributed by atoms with Gasteiger partial charge in [0.25, 0.3) is 5.56 Å². The summed E-state index contributed by atoms with van der Waals surface area (Å²) in [6.07, 6.45) is 3.23. The van der Waals surface area contributed by atoms with Crippen LogP contribution in [0.5, 0.6) is 0 Å². The minimum atomic E-state index is -0.348. The van der Waals surface area contributed by atoms with Crippen LogP contribution >= 0.6 is 0 Å². The number of benzene rings is 2. The molecule has 1 aliphatic rings. The number of halogens is 1. The van der Waals surface area contributed by atoms with E-state index in [0.29, 0.717) is 17.8 Å². The number of carbonyl (C=O) groups is 1. The quantitative estimate of drug-likeness (QED) is 0.704. The van der Waals surface area contributed by atoms with Crippen molar-refractivity contribution in [3.8, 4) is 11.3 Å². The Hall–Kier alpha value is -3.28. The third-order valence-electron chi connectivity index (χ3n) is 4.98. The number of aryl methyl sites for hydroxylation is 2. The fraction of sp³-hybridized carbons (Fsp3) is 0.227. The molecular weight excluding hydrogens is 357 g/mol. The Balaban J connectivity index is 1.56. The summed E-state index contributed by atoms with van der Waals surface area (Å²) >= 11 is 0. The minimum absolute atomic E-state index is 0.0666. The molecule has 2 heterocycles. The van der Waals surface area contributed by atoms with Crippen LogP contribution in [0.15, 0.2) is 59.7 Å². The molecule has 0 saturated carbocycles. The highest BCUT2D eigenvalue weighted by atomic mass is 19.1. The van der Waals surface area contributed by atoms with Gasteiger partial charge in [-0.1, -0.05) is 17.7 Å². The van der Waals surface area contributed by atoms with E-state index in [1.165, 1.54) is 34.7 Å². The molecule has 0 fully saturated rings. The van der Waals surface area contributed by atoms with E-state index in [-0.39, 0.29) is 23.8 Å². The molecule has 1 aliphatic heterocycles. The third kappa shape index (κ3) is 3.58. The summed E-state index contributed by atoms with van der Waals surface area (Å²) in [6.45, 7) is 2.61. The van der Waals surface area contributed by atoms with Crippen LogP contribution in [0.1, 0.15) is 17.5 Å². The Bertz CT molecular complexity index is 1090. The summed E-state index contributed by atoms with van der Waals surface area (Å²) < 4.78 is 14.4. The van der Waals surface area contributed by atoms with Crippen molar-refractivity contribution in [2.45, 2.75) is 26.3 Å². The van der Waals surface area contributed by atoms with Crippen LogP contribution in [-0.4, -0.2) is 22.0 Å². The van der Waals surface area contributed by atoms with Gasteiger partial charge in [0.05, 0.1) is 12.0 Å². The lowest BCUT2D eigenvalue weighted by molar-refractivity contribution is -0.119. The Kier molecular flexibility index (Phi) is 4.77. The number of fused-ring (bicyclic) bond motifs is 1. The number of hydrogen-bond acceptors (Lipinski definition) is 3. The maximum Gasteiger partial charge on any atom is 0.254 e. The van der Waals surface area contributed by atoms with E-state index in [2.05, 4.69) is 11.1 Å². The first-order chi connectivity index (χ1) is 13.5. The molecule has 1 amide bonds. The molecule has 1 aromatic heterocycles. The number of amides is 1. The van der Waals surface area contributed by atoms with E-state index in [9.17, 15) is 14.0 Å². The van der Waals surface area contributed by atoms with Crippen molar-refractivity contribution < 1.29 is 9.18 Å². The van der Waals surface area contributed by atoms with Crippen molar-refractivity contribution in [3.63, 3.8) is 0 Å². The fourth-order valence-electron chi connectivity index (χ4n) is 3.54. The van der Waals surface area contributed by atoms with Crippen LogP contribution in [0.4, 0.5) is 10.1 Å². The summed E-state index contributed by atoms with van der Waals surface area (Å²) in [6, 6.07) is 13.2. The van der Waals surface area contributed by atoms with Gasteiger partial charge in [-0.2, -0.15) is 0 Å². The normalized spacial score (nSPS) is 13.3. The van der Waals surface area contributed by atoms with Crippen LogP contribution in [0.3, 0.4) is 0 Å². The number of carbonyl (C=O) groups excluding carboxylic acids is 1. The van der Waals surface area contributed by atoms with Crippen LogP contribution in [0, 0.1) is 12.7 Å². The Morgan fingerprint density at radius 2 is 1.93 bits per heavy atom. The lowest BCUT2D eigenvalue weighted by Crippen LogP contribution is -2.39. The Morgan fingerprint density at radius 1 is 1.14 bits per heavy atom. The summed E-state index contributed by atoms with van der Waals surface area (Å²) in [4.78, 5) is 31.3. The van der Waals surface area contributed by atoms with Crippen molar-refractivity contribution >= 4 is 11.6 Å². The highest BCUT2D eigenvalue weighted by molar-refractivity contribution is 5.94. The van der Waals surface area contributed by atoms with Gasteiger partial charge in [0, 0.05) is 23.9 Å². The number of aromatic nitrogens is 2. The van der Waals surface area contributed by atoms with E-state index in [1.54, 1.807) is 17.0 Å². The molecule has 2 aromatic carbocycles. The second-order valence-corrected chi connectivity index (χ2v) is 7.03. The van der Waals surface area contributed by atoms with Crippen LogP contribution in [0.25, 0.3) is 11.3 Å². The largest absolute Gasteiger partial charge is 0.311 e. The van der Waals surface area contributed by atoms with Gasteiger partial charge in [-0.05, 0) is 55.7 Å². The highest BCUT2D eigenvalue weighted by Gasteiger charge is 2.23. The van der Waals surface area contributed by atoms with Gasteiger partial charge in [0.15, 0.2) is 0 Å². The van der Waals surface area contributed by atoms with E-state index >= 15 is 0 Å². The van der Waals surface area contributed by atoms with Crippen LogP contribution in [-0.2, 0) is 17.8 Å². The van der Waals surface area contributed by atoms with Gasteiger partial charge < -0.3 is 4.90 Å². The Labute approximate surface area is 162 Å². The molecule has 0 radical (unpaired) electrons. The second-order valence-electron chi connectivity index (χ2n) is 7.03. The average molecular weight is 377 g/mol. The molecule has 0 spiro atoms. The van der Waals surface area contributed by atoms with Crippen molar-refractivity contribution in [1.29, 1.82) is 0 Å². The van der Waals surface area contributed by atoms with Crippen molar-refractivity contribution in [2.75, 3.05) is 11.4 Å². The van der Waals surface area contributed by atoms with E-state index in [1.807, 2.05) is 19.1 Å². The zero-order valence-electron chi connectivity index (χ0n) is 15.6. The molecule has 6 heteroatoms. The van der Waals surface area contributed by atoms with Crippen LogP contribution < -0.4 is 10.5 Å². The monoisotopic (exact) mass is 377 g/mol. The molecule has 142 valence electrons. The highest BCUT2D eigenvalue weighted by Crippen LogP contribution is 2.28. The molecule has 3 aromatic rings. The molecular formula is C22H20FN3O2. The molecule has 0 N–H and O–H groups in total. The van der Waals surface area contributed by atoms with Gasteiger partial charge >= 0.3 is 0 Å². The van der Waals surface area contributed by atoms with E-state index in [0.717, 1.165) is 24.1 Å². The lowest BCUT2D eigenvalue weighted by atomic mass is 9.99. The van der Waals surface area contributed by atoms with E-state index in [4.69, 9.17) is 0 Å². The third-order valence-corrected chi connectivity index (χ3v) is 4.98. The van der Waals surface area contributed by atoms with Gasteiger partial charge in [-0.15, -0.1) is 0 Å². The van der Waals surface area contributed by atoms with Crippen molar-refractivity contribution in [1.82, 2.24) is 9.55 Å². The molecule has 5 nitrogen and oxygen atoms in total. The molecule has 28 heavy (non-hydrogen) atoms. The van der Waals surface area contributed by atoms with Crippen molar-refractivity contribution in [3.05, 3.63) is 82.2 Å². The number of rotatable bonds is 3. The smallest absolute Gasteiger partial charge is 0.254 e. The molecule has 0 aliphatic carbocycles. The first-order valence-electron chi connectivity index (χ1n) is 9.23. The van der Waals surface area contributed by atoms with Crippen molar-refractivity contribution in [2.24, 2.45) is 0 Å². The zero-order valence-corrected chi connectivity index (χ0v) is 15.6. The fourth-order valence-corrected chi connectivity index (χ4v) is 3.54. The molecule has 0 unspecified atom stereocenters. The number of hydrogen-bond donors (Lipinski definition) is 0. The molecule has 0 atom stereocenters. The summed E-state index contributed by atoms with van der Waals surface area (Å²) in [5.74, 6) is -0.483. The van der Waals surface area contributed by atoms with Gasteiger partial charge in [-0.3, -0.25) is 14.2 Å². The minimum Gasteiger partial charge on any atom is -0.311 e. The molecule has 0 bridgehead atoms. The van der Waals surface area contributed by atoms with Gasteiger partial charge in [0.1, 0.15) is 12.4 Å². The summed E-state index contributed by atoms with van der Waals surface area (Å²) in [7, 11) is 0. The molecule has 0 saturated heterocycles. The first-order valence-corrected chi connectivity index (χ1v) is 9.23.